The third-order valence-electron chi connectivity index (χ3n) is 2.78. The molecule has 21 heavy (non-hydrogen) atoms. The van der Waals surface area contributed by atoms with E-state index in [1.165, 1.54) is 16.8 Å². The van der Waals surface area contributed by atoms with E-state index in [1.54, 1.807) is 18.3 Å². The van der Waals surface area contributed by atoms with E-state index in [-0.39, 0.29) is 5.82 Å². The molecule has 106 valence electrons. The number of hydrogen-bond donors (Lipinski definition) is 2. The van der Waals surface area contributed by atoms with E-state index >= 15 is 0 Å². The Bertz CT molecular complexity index is 842. The molecule has 0 radical (unpaired) electrons. The number of rotatable bonds is 3. The maximum Gasteiger partial charge on any atom is 0.216 e. The van der Waals surface area contributed by atoms with Crippen molar-refractivity contribution in [3.63, 3.8) is 0 Å². The molecule has 1 aromatic carbocycles. The zero-order chi connectivity index (χ0) is 14.8. The third kappa shape index (κ3) is 2.79. The highest BCUT2D eigenvalue weighted by Crippen LogP contribution is 2.15. The molecule has 0 fully saturated rings. The van der Waals surface area contributed by atoms with Crippen molar-refractivity contribution in [2.45, 2.75) is 6.92 Å². The number of aromatic amines is 2. The minimum absolute atomic E-state index is 0.292. The van der Waals surface area contributed by atoms with Gasteiger partial charge in [-0.05, 0) is 42.9 Å². The zero-order valence-corrected chi connectivity index (χ0v) is 11.9. The molecule has 0 saturated heterocycles. The van der Waals surface area contributed by atoms with Crippen molar-refractivity contribution in [3.05, 3.63) is 52.2 Å². The second-order valence-corrected chi connectivity index (χ2v) is 4.78. The Morgan fingerprint density at radius 1 is 1.24 bits per heavy atom. The molecule has 2 aromatic heterocycles. The summed E-state index contributed by atoms with van der Waals surface area (Å²) in [5.41, 5.74) is 2.30. The van der Waals surface area contributed by atoms with Crippen LogP contribution in [0.5, 0.6) is 0 Å². The second kappa shape index (κ2) is 5.41. The first-order valence-corrected chi connectivity index (χ1v) is 6.54. The summed E-state index contributed by atoms with van der Waals surface area (Å²) < 4.78 is 14.7. The molecule has 6 nitrogen and oxygen atoms in total. The lowest BCUT2D eigenvalue weighted by atomic mass is 10.2. The Kier molecular flexibility index (Phi) is 3.44. The molecule has 3 rings (SSSR count). The third-order valence-corrected chi connectivity index (χ3v) is 3.04. The van der Waals surface area contributed by atoms with Gasteiger partial charge in [0.05, 0.1) is 6.21 Å². The smallest absolute Gasteiger partial charge is 0.216 e. The van der Waals surface area contributed by atoms with Crippen molar-refractivity contribution in [1.29, 1.82) is 0 Å². The molecule has 0 spiro atoms. The fraction of sp³-hybridized carbons (Fsp3) is 0.0769. The van der Waals surface area contributed by atoms with Crippen molar-refractivity contribution in [1.82, 2.24) is 25.1 Å². The van der Waals surface area contributed by atoms with E-state index in [9.17, 15) is 4.39 Å². The number of nitrogens with one attached hydrogen (secondary N) is 2. The van der Waals surface area contributed by atoms with E-state index < -0.39 is 0 Å². The predicted octanol–water partition coefficient (Wildman–Crippen LogP) is 2.66. The summed E-state index contributed by atoms with van der Waals surface area (Å²) in [5, 5.41) is 18.0. The van der Waals surface area contributed by atoms with E-state index in [1.807, 2.05) is 13.0 Å². The van der Waals surface area contributed by atoms with Crippen molar-refractivity contribution in [2.24, 2.45) is 5.10 Å². The van der Waals surface area contributed by atoms with E-state index in [4.69, 9.17) is 12.2 Å². The SMILES string of the molecule is Cc1cc(-c2n[nH]c(=S)n2N=Cc2ccc(F)cc2)n[nH]1. The average molecular weight is 302 g/mol. The Morgan fingerprint density at radius 3 is 2.67 bits per heavy atom. The fourth-order valence-corrected chi connectivity index (χ4v) is 1.95. The van der Waals surface area contributed by atoms with Crippen molar-refractivity contribution >= 4 is 18.4 Å². The molecule has 3 aromatic rings. The highest BCUT2D eigenvalue weighted by atomic mass is 32.1. The Balaban J connectivity index is 1.97. The molecule has 0 aliphatic heterocycles. The maximum absolute atomic E-state index is 12.9. The van der Waals surface area contributed by atoms with Crippen LogP contribution in [0.25, 0.3) is 11.5 Å². The van der Waals surface area contributed by atoms with Crippen molar-refractivity contribution in [2.75, 3.05) is 0 Å². The van der Waals surface area contributed by atoms with Crippen LogP contribution in [-0.4, -0.2) is 31.3 Å². The molecule has 0 aliphatic rings. The first-order valence-electron chi connectivity index (χ1n) is 6.13. The summed E-state index contributed by atoms with van der Waals surface area (Å²) in [4.78, 5) is 0. The molecule has 0 atom stereocenters. The number of nitrogens with zero attached hydrogens (tertiary/aromatic N) is 4. The highest BCUT2D eigenvalue weighted by Gasteiger charge is 2.10. The molecule has 0 amide bonds. The lowest BCUT2D eigenvalue weighted by molar-refractivity contribution is 0.628. The molecule has 2 heterocycles. The van der Waals surface area contributed by atoms with E-state index in [2.05, 4.69) is 25.5 Å². The number of aryl methyl sites for hydroxylation is 1. The van der Waals surface area contributed by atoms with Crippen LogP contribution >= 0.6 is 12.2 Å². The molecular formula is C13H11FN6S. The Hall–Kier alpha value is -2.61. The second-order valence-electron chi connectivity index (χ2n) is 4.40. The van der Waals surface area contributed by atoms with Gasteiger partial charge in [0.2, 0.25) is 10.6 Å². The highest BCUT2D eigenvalue weighted by molar-refractivity contribution is 7.71. The molecule has 0 unspecified atom stereocenters. The normalized spacial score (nSPS) is 11.3. The van der Waals surface area contributed by atoms with Crippen molar-refractivity contribution < 1.29 is 4.39 Å². The first-order chi connectivity index (χ1) is 10.1. The molecule has 2 N–H and O–H groups in total. The average Bonchev–Trinajstić information content (AvgIpc) is 3.05. The Labute approximate surface area is 124 Å². The molecule has 8 heteroatoms. The van der Waals surface area contributed by atoms with Crippen LogP contribution in [0.3, 0.4) is 0 Å². The van der Waals surface area contributed by atoms with Crippen LogP contribution in [0.2, 0.25) is 0 Å². The minimum Gasteiger partial charge on any atom is -0.282 e. The number of H-pyrrole nitrogens is 2. The lowest BCUT2D eigenvalue weighted by Gasteiger charge is -1.97. The molecule has 0 saturated carbocycles. The van der Waals surface area contributed by atoms with Gasteiger partial charge in [0, 0.05) is 5.69 Å². The van der Waals surface area contributed by atoms with Crippen LogP contribution in [0.4, 0.5) is 4.39 Å². The van der Waals surface area contributed by atoms with E-state index in [0.717, 1.165) is 11.3 Å². The Morgan fingerprint density at radius 2 is 2.00 bits per heavy atom. The minimum atomic E-state index is -0.292. The first kappa shape index (κ1) is 13.4. The molecule has 0 bridgehead atoms. The van der Waals surface area contributed by atoms with Crippen LogP contribution in [0.15, 0.2) is 35.4 Å². The molecule has 0 aliphatic carbocycles. The van der Waals surface area contributed by atoms with Gasteiger partial charge in [0.15, 0.2) is 0 Å². The van der Waals surface area contributed by atoms with Crippen LogP contribution in [0, 0.1) is 17.5 Å². The standard InChI is InChI=1S/C13H11FN6S/c1-8-6-11(17-16-8)12-18-19-13(21)20(12)15-7-9-2-4-10(14)5-3-9/h2-7H,1H3,(H,16,17)(H,19,21). The van der Waals surface area contributed by atoms with Gasteiger partial charge in [-0.3, -0.25) is 5.10 Å². The van der Waals surface area contributed by atoms with Gasteiger partial charge in [-0.25, -0.2) is 9.49 Å². The predicted molar refractivity (Wildman–Crippen MR) is 79.1 cm³/mol. The van der Waals surface area contributed by atoms with Crippen LogP contribution in [-0.2, 0) is 0 Å². The quantitative estimate of drug-likeness (QED) is 0.577. The number of hydrogen-bond acceptors (Lipinski definition) is 4. The van der Waals surface area contributed by atoms with Gasteiger partial charge in [-0.2, -0.15) is 20.0 Å². The largest absolute Gasteiger partial charge is 0.282 e. The van der Waals surface area contributed by atoms with Crippen LogP contribution < -0.4 is 0 Å². The summed E-state index contributed by atoms with van der Waals surface area (Å²) in [6.45, 7) is 1.89. The number of halogens is 1. The van der Waals surface area contributed by atoms with Crippen LogP contribution in [0.1, 0.15) is 11.3 Å². The lowest BCUT2D eigenvalue weighted by Crippen LogP contribution is -1.95. The summed E-state index contributed by atoms with van der Waals surface area (Å²) in [6, 6.07) is 7.83. The zero-order valence-electron chi connectivity index (χ0n) is 11.0. The number of aromatic nitrogens is 5. The summed E-state index contributed by atoms with van der Waals surface area (Å²) >= 11 is 5.15. The van der Waals surface area contributed by atoms with Gasteiger partial charge in [-0.15, -0.1) is 0 Å². The summed E-state index contributed by atoms with van der Waals surface area (Å²) in [6.07, 6.45) is 1.58. The topological polar surface area (TPSA) is 74.7 Å². The van der Waals surface area contributed by atoms with Gasteiger partial charge < -0.3 is 0 Å². The fourth-order valence-electron chi connectivity index (χ4n) is 1.77. The van der Waals surface area contributed by atoms with Gasteiger partial charge in [-0.1, -0.05) is 12.1 Å². The summed E-state index contributed by atoms with van der Waals surface area (Å²) in [7, 11) is 0. The summed E-state index contributed by atoms with van der Waals surface area (Å²) in [5.74, 6) is 0.211. The van der Waals surface area contributed by atoms with Crippen molar-refractivity contribution in [3.8, 4) is 11.5 Å². The number of benzene rings is 1. The van der Waals surface area contributed by atoms with Gasteiger partial charge in [0.1, 0.15) is 11.5 Å². The molecular weight excluding hydrogens is 291 g/mol. The maximum atomic E-state index is 12.9. The van der Waals surface area contributed by atoms with E-state index in [0.29, 0.717) is 16.3 Å². The monoisotopic (exact) mass is 302 g/mol. The van der Waals surface area contributed by atoms with Gasteiger partial charge in [0.25, 0.3) is 0 Å². The van der Waals surface area contributed by atoms with Gasteiger partial charge >= 0.3 is 0 Å².